The van der Waals surface area contributed by atoms with Crippen molar-refractivity contribution < 1.29 is 14.6 Å². The molecule has 0 bridgehead atoms. The molecule has 0 saturated heterocycles. The van der Waals surface area contributed by atoms with Gasteiger partial charge >= 0.3 is 7.48 Å². The Bertz CT molecular complexity index is 66.0. The molecule has 6 heteroatoms. The Hall–Kier alpha value is -0.480. The van der Waals surface area contributed by atoms with Crippen LogP contribution in [0.1, 0.15) is 0 Å². The van der Waals surface area contributed by atoms with E-state index in [9.17, 15) is 4.79 Å². The summed E-state index contributed by atoms with van der Waals surface area (Å²) in [6.45, 7) is 0. The zero-order chi connectivity index (χ0) is 5.70. The van der Waals surface area contributed by atoms with Crippen molar-refractivity contribution in [3.63, 3.8) is 0 Å². The molecule has 38 valence electrons. The second-order valence-corrected chi connectivity index (χ2v) is 0.968. The summed E-state index contributed by atoms with van der Waals surface area (Å²) in [4.78, 5) is 9.93. The Morgan fingerprint density at radius 2 is 2.57 bits per heavy atom. The predicted molar refractivity (Wildman–Crippen MR) is 27.1 cm³/mol. The summed E-state index contributed by atoms with van der Waals surface area (Å²) in [5, 5.41) is 7.79. The van der Waals surface area contributed by atoms with Gasteiger partial charge in [-0.2, -0.15) is 0 Å². The van der Waals surface area contributed by atoms with Crippen LogP contribution in [-0.4, -0.2) is 26.5 Å². The van der Waals surface area contributed by atoms with Crippen molar-refractivity contribution in [3.05, 3.63) is 0 Å². The maximum atomic E-state index is 9.93. The number of carbonyl (C=O) groups is 1. The van der Waals surface area contributed by atoms with Crippen molar-refractivity contribution in [1.29, 1.82) is 0 Å². The number of rotatable bonds is 2. The molecule has 0 heterocycles. The van der Waals surface area contributed by atoms with Crippen LogP contribution in [0.15, 0.2) is 0 Å². The van der Waals surface area contributed by atoms with Gasteiger partial charge < -0.3 is 4.57 Å². The van der Waals surface area contributed by atoms with Gasteiger partial charge in [-0.25, -0.2) is 5.48 Å². The summed E-state index contributed by atoms with van der Waals surface area (Å²) in [7, 11) is 1.27. The first-order valence-corrected chi connectivity index (χ1v) is 1.73. The number of carbonyl (C=O) groups excluding carboxylic acids is 1. The Morgan fingerprint density at radius 1 is 2.00 bits per heavy atom. The van der Waals surface area contributed by atoms with E-state index in [1.807, 2.05) is 0 Å². The summed E-state index contributed by atoms with van der Waals surface area (Å²) in [5.74, 6) is -0.539. The van der Waals surface area contributed by atoms with Crippen LogP contribution in [0.25, 0.3) is 0 Å². The lowest BCUT2D eigenvalue weighted by atomic mass is 10.0. The molecule has 2 N–H and O–H groups in total. The van der Waals surface area contributed by atoms with Crippen LogP contribution in [0.2, 0.25) is 0 Å². The van der Waals surface area contributed by atoms with Crippen molar-refractivity contribution in [2.75, 3.05) is 0 Å². The van der Waals surface area contributed by atoms with Gasteiger partial charge in [-0.15, -0.1) is 0 Å². The first kappa shape index (κ1) is 6.52. The molecule has 0 aliphatic heterocycles. The molecule has 0 aromatic rings. The quantitative estimate of drug-likeness (QED) is 0.240. The van der Waals surface area contributed by atoms with Crippen LogP contribution < -0.4 is 5.48 Å². The van der Waals surface area contributed by atoms with E-state index in [0.29, 0.717) is 0 Å². The highest BCUT2D eigenvalue weighted by Crippen LogP contribution is 1.61. The molecule has 0 aliphatic carbocycles. The third kappa shape index (κ3) is 3.35. The van der Waals surface area contributed by atoms with Crippen LogP contribution in [0.4, 0.5) is 4.79 Å². The number of hydroxylamine groups is 1. The molecule has 4 nitrogen and oxygen atoms in total. The van der Waals surface area contributed by atoms with E-state index in [0.717, 1.165) is 0 Å². The normalized spacial score (nSPS) is 7.57. The fraction of sp³-hybridized carbons (Fsp3) is 0. The molecule has 0 saturated carbocycles. The molecule has 0 aromatic heterocycles. The third-order valence-electron chi connectivity index (χ3n) is 0.400. The fourth-order valence-electron chi connectivity index (χ4n) is 0.163. The van der Waals surface area contributed by atoms with Crippen LogP contribution in [0.3, 0.4) is 0 Å². The minimum Gasteiger partial charge on any atom is -0.499 e. The van der Waals surface area contributed by atoms with Gasteiger partial charge in [-0.05, 0) is 0 Å². The highest BCUT2D eigenvalue weighted by Gasteiger charge is 1.96. The average Bonchev–Trinajstić information content (AvgIpc) is 1.68. The number of hydrogen-bond donors (Lipinski definition) is 2. The van der Waals surface area contributed by atoms with Gasteiger partial charge in [0.1, 0.15) is 0 Å². The molecular weight excluding hydrogens is 95.6 g/mol. The zero-order valence-electron chi connectivity index (χ0n) is 3.97. The summed E-state index contributed by atoms with van der Waals surface area (Å²) in [6.07, 6.45) is 0. The van der Waals surface area contributed by atoms with Gasteiger partial charge in [-0.1, -0.05) is 0 Å². The molecule has 0 aliphatic rings. The molecule has 7 heavy (non-hydrogen) atoms. The third-order valence-corrected chi connectivity index (χ3v) is 0.400. The van der Waals surface area contributed by atoms with E-state index in [-0.39, 0.29) is 7.48 Å². The SMILES string of the molecule is BOBC(=O)NO. The highest BCUT2D eigenvalue weighted by atomic mass is 16.5. The second kappa shape index (κ2) is 3.70. The van der Waals surface area contributed by atoms with Gasteiger partial charge in [0.25, 0.3) is 0 Å². The fourth-order valence-corrected chi connectivity index (χ4v) is 0.163. The molecule has 0 radical (unpaired) electrons. The van der Waals surface area contributed by atoms with E-state index < -0.39 is 5.81 Å². The van der Waals surface area contributed by atoms with Gasteiger partial charge in [-0.3, -0.25) is 10.0 Å². The standard InChI is InChI=1S/CH5B2NO3/c2-7-3-1(5)4-6/h3,6H,2H2,(H,4,5). The first-order valence-electron chi connectivity index (χ1n) is 1.73. The van der Waals surface area contributed by atoms with Gasteiger partial charge in [0, 0.05) is 0 Å². The van der Waals surface area contributed by atoms with Crippen molar-refractivity contribution in [1.82, 2.24) is 5.48 Å². The van der Waals surface area contributed by atoms with Gasteiger partial charge in [0.15, 0.2) is 0 Å². The average molecular weight is 101 g/mol. The number of hydrogen-bond acceptors (Lipinski definition) is 3. The van der Waals surface area contributed by atoms with E-state index >= 15 is 0 Å². The van der Waals surface area contributed by atoms with Gasteiger partial charge in [0.05, 0.1) is 0 Å². The Kier molecular flexibility index (Phi) is 3.45. The van der Waals surface area contributed by atoms with Crippen molar-refractivity contribution >= 4 is 21.3 Å². The van der Waals surface area contributed by atoms with Crippen LogP contribution in [0, 0.1) is 0 Å². The van der Waals surface area contributed by atoms with Crippen LogP contribution >= 0.6 is 0 Å². The van der Waals surface area contributed by atoms with Crippen molar-refractivity contribution in [2.24, 2.45) is 0 Å². The van der Waals surface area contributed by atoms with E-state index in [1.54, 1.807) is 0 Å². The minimum absolute atomic E-state index is 0.101. The molecule has 0 fully saturated rings. The predicted octanol–water partition coefficient (Wildman–Crippen LogP) is -2.00. The van der Waals surface area contributed by atoms with Crippen molar-refractivity contribution in [2.45, 2.75) is 0 Å². The van der Waals surface area contributed by atoms with Crippen molar-refractivity contribution in [3.8, 4) is 0 Å². The Balaban J connectivity index is 3.00. The first-order chi connectivity index (χ1) is 3.31. The van der Waals surface area contributed by atoms with Crippen LogP contribution in [0.5, 0.6) is 0 Å². The second-order valence-electron chi connectivity index (χ2n) is 0.968. The maximum Gasteiger partial charge on any atom is 0.367 e. The Labute approximate surface area is 42.5 Å². The molecular formula is CH5B2NO3. The largest absolute Gasteiger partial charge is 0.499 e. The maximum absolute atomic E-state index is 9.93. The van der Waals surface area contributed by atoms with E-state index in [1.165, 1.54) is 13.5 Å². The molecule has 0 aromatic carbocycles. The van der Waals surface area contributed by atoms with E-state index in [4.69, 9.17) is 5.21 Å². The minimum atomic E-state index is -0.539. The lowest BCUT2D eigenvalue weighted by Gasteiger charge is -1.90. The number of nitrogens with one attached hydrogen (secondary N) is 1. The van der Waals surface area contributed by atoms with Crippen LogP contribution in [-0.2, 0) is 4.57 Å². The highest BCUT2D eigenvalue weighted by molar-refractivity contribution is 6.70. The molecule has 0 rings (SSSR count). The summed E-state index contributed by atoms with van der Waals surface area (Å²) >= 11 is 0. The number of amides is 1. The van der Waals surface area contributed by atoms with E-state index in [2.05, 4.69) is 4.57 Å². The lowest BCUT2D eigenvalue weighted by molar-refractivity contribution is 0.177. The molecule has 0 atom stereocenters. The smallest absolute Gasteiger partial charge is 0.367 e. The topological polar surface area (TPSA) is 58.6 Å². The van der Waals surface area contributed by atoms with Gasteiger partial charge in [0.2, 0.25) is 13.9 Å². The molecule has 0 unspecified atom stereocenters. The monoisotopic (exact) mass is 101 g/mol. The Morgan fingerprint density at radius 3 is 2.71 bits per heavy atom. The molecule has 1 amide bonds. The lowest BCUT2D eigenvalue weighted by Crippen LogP contribution is -2.24. The zero-order valence-corrected chi connectivity index (χ0v) is 3.97. The summed E-state index contributed by atoms with van der Waals surface area (Å²) < 4.78 is 4.32. The summed E-state index contributed by atoms with van der Waals surface area (Å²) in [5.41, 5.74) is 1.40. The summed E-state index contributed by atoms with van der Waals surface area (Å²) in [6, 6.07) is 0. The molecule has 0 spiro atoms.